The summed E-state index contributed by atoms with van der Waals surface area (Å²) in [5, 5.41) is 24.0. The molecule has 0 aliphatic heterocycles. The van der Waals surface area contributed by atoms with Crippen molar-refractivity contribution in [3.05, 3.63) is 0 Å². The van der Waals surface area contributed by atoms with E-state index in [0.717, 1.165) is 0 Å². The molecule has 0 saturated heterocycles. The zero-order valence-corrected chi connectivity index (χ0v) is 10.5. The Hall–Kier alpha value is 0.622. The standard InChI is InChI=1S/C6H14O.C3H8O3.Al.ClHO.3H/c1-5(2)7-6(3)4;4-1-3(6)2-5;;1-2;;;/h5-6H,1-4H3;3-6H,1-2H2;;2H;;;. The van der Waals surface area contributed by atoms with Gasteiger partial charge in [-0.05, 0) is 27.7 Å². The summed E-state index contributed by atoms with van der Waals surface area (Å²) in [5.41, 5.74) is 0. The number of ether oxygens (including phenoxy) is 1. The van der Waals surface area contributed by atoms with Crippen molar-refractivity contribution in [3.63, 3.8) is 0 Å². The van der Waals surface area contributed by atoms with Crippen LogP contribution in [-0.2, 0) is 4.74 Å². The van der Waals surface area contributed by atoms with Crippen molar-refractivity contribution in [1.82, 2.24) is 0 Å². The van der Waals surface area contributed by atoms with Crippen LogP contribution in [0.5, 0.6) is 0 Å². The first-order chi connectivity index (χ1) is 6.93. The van der Waals surface area contributed by atoms with Gasteiger partial charge in [0, 0.05) is 0 Å². The van der Waals surface area contributed by atoms with E-state index in [0.29, 0.717) is 12.2 Å². The summed E-state index contributed by atoms with van der Waals surface area (Å²) in [6.45, 7) is 7.44. The first kappa shape index (κ1) is 25.5. The highest BCUT2D eigenvalue weighted by Crippen LogP contribution is 1.93. The van der Waals surface area contributed by atoms with Gasteiger partial charge in [0.2, 0.25) is 0 Å². The molecule has 0 aliphatic rings. The fraction of sp³-hybridized carbons (Fsp3) is 1.00. The second kappa shape index (κ2) is 21.0. The number of hydrogen-bond donors (Lipinski definition) is 4. The zero-order chi connectivity index (χ0) is 12.9. The largest absolute Gasteiger partial charge is 0.394 e. The minimum absolute atomic E-state index is 0. The third kappa shape index (κ3) is 36.5. The molecule has 0 unspecified atom stereocenters. The summed E-state index contributed by atoms with van der Waals surface area (Å²) in [7, 11) is 0. The lowest BCUT2D eigenvalue weighted by Gasteiger charge is -2.09. The van der Waals surface area contributed by atoms with Crippen LogP contribution in [0, 0.1) is 0 Å². The Balaban J connectivity index is -0.0000000743. The fourth-order valence-corrected chi connectivity index (χ4v) is 0.602. The summed E-state index contributed by atoms with van der Waals surface area (Å²) in [5.74, 6) is 0. The maximum atomic E-state index is 8.17. The van der Waals surface area contributed by atoms with E-state index in [1.807, 2.05) is 27.7 Å². The average Bonchev–Trinajstić information content (AvgIpc) is 2.18. The van der Waals surface area contributed by atoms with Crippen molar-refractivity contribution in [2.24, 2.45) is 0 Å². The number of halogens is 1. The van der Waals surface area contributed by atoms with Crippen LogP contribution in [0.2, 0.25) is 0 Å². The van der Waals surface area contributed by atoms with Crippen LogP contribution in [0.1, 0.15) is 27.7 Å². The van der Waals surface area contributed by atoms with E-state index in [1.165, 1.54) is 0 Å². The van der Waals surface area contributed by atoms with E-state index < -0.39 is 6.10 Å². The topological polar surface area (TPSA) is 90.2 Å². The van der Waals surface area contributed by atoms with Crippen LogP contribution in [-0.4, -0.2) is 68.9 Å². The fourth-order valence-electron chi connectivity index (χ4n) is 0.602. The first-order valence-electron chi connectivity index (χ1n) is 4.66. The Labute approximate surface area is 113 Å². The minimum atomic E-state index is -0.954. The van der Waals surface area contributed by atoms with Gasteiger partial charge in [-0.15, -0.1) is 0 Å². The number of rotatable bonds is 4. The summed E-state index contributed by atoms with van der Waals surface area (Å²) in [6.07, 6.45) is -0.204. The van der Waals surface area contributed by atoms with Crippen molar-refractivity contribution in [3.8, 4) is 0 Å². The Morgan fingerprint density at radius 2 is 1.19 bits per heavy atom. The van der Waals surface area contributed by atoms with E-state index in [9.17, 15) is 0 Å². The van der Waals surface area contributed by atoms with Gasteiger partial charge in [-0.1, -0.05) is 0 Å². The number of aliphatic hydroxyl groups is 3. The predicted molar refractivity (Wildman–Crippen MR) is 69.5 cm³/mol. The SMILES string of the molecule is CC(C)OC(C)C.OCC(O)CO.OCl.[AlH3]. The molecule has 7 heteroatoms. The summed E-state index contributed by atoms with van der Waals surface area (Å²) in [4.78, 5) is 0. The smallest absolute Gasteiger partial charge is 0.187 e. The maximum absolute atomic E-state index is 8.17. The number of aliphatic hydroxyl groups excluding tert-OH is 3. The molecule has 0 aromatic rings. The van der Waals surface area contributed by atoms with Crippen molar-refractivity contribution in [1.29, 1.82) is 0 Å². The van der Waals surface area contributed by atoms with Crippen LogP contribution in [0.3, 0.4) is 0 Å². The van der Waals surface area contributed by atoms with Crippen molar-refractivity contribution in [2.45, 2.75) is 46.0 Å². The highest BCUT2D eigenvalue weighted by molar-refractivity contribution is 6.04. The molecule has 0 amide bonds. The lowest BCUT2D eigenvalue weighted by atomic mass is 10.4. The van der Waals surface area contributed by atoms with Gasteiger partial charge in [0.1, 0.15) is 6.10 Å². The highest BCUT2D eigenvalue weighted by atomic mass is 35.5. The van der Waals surface area contributed by atoms with Gasteiger partial charge in [-0.25, -0.2) is 0 Å². The Kier molecular flexibility index (Phi) is 33.4. The van der Waals surface area contributed by atoms with E-state index in [4.69, 9.17) is 24.7 Å². The van der Waals surface area contributed by atoms with Crippen molar-refractivity contribution < 1.29 is 24.7 Å². The van der Waals surface area contributed by atoms with Crippen LogP contribution in [0.4, 0.5) is 0 Å². The van der Waals surface area contributed by atoms with Crippen molar-refractivity contribution >= 4 is 29.2 Å². The quantitative estimate of drug-likeness (QED) is 0.500. The molecule has 16 heavy (non-hydrogen) atoms. The molecular formula is C9H26AlClO5. The van der Waals surface area contributed by atoms with Gasteiger partial charge in [-0.2, -0.15) is 0 Å². The molecule has 0 radical (unpaired) electrons. The molecule has 0 heterocycles. The normalized spacial score (nSPS) is 9.00. The predicted octanol–water partition coefficient (Wildman–Crippen LogP) is -0.900. The lowest BCUT2D eigenvalue weighted by molar-refractivity contribution is 0.0300. The Morgan fingerprint density at radius 3 is 1.19 bits per heavy atom. The third-order valence-electron chi connectivity index (χ3n) is 0.966. The monoisotopic (exact) mass is 276 g/mol. The van der Waals surface area contributed by atoms with Crippen LogP contribution in [0.25, 0.3) is 0 Å². The molecule has 5 nitrogen and oxygen atoms in total. The first-order valence-corrected chi connectivity index (χ1v) is 5.00. The second-order valence-corrected chi connectivity index (χ2v) is 3.25. The molecule has 0 fully saturated rings. The average molecular weight is 277 g/mol. The molecule has 0 rings (SSSR count). The van der Waals surface area contributed by atoms with E-state index in [2.05, 4.69) is 11.9 Å². The van der Waals surface area contributed by atoms with Gasteiger partial charge in [0.05, 0.1) is 37.3 Å². The molecule has 0 aromatic carbocycles. The zero-order valence-electron chi connectivity index (χ0n) is 9.72. The van der Waals surface area contributed by atoms with Crippen LogP contribution in [0.15, 0.2) is 0 Å². The van der Waals surface area contributed by atoms with Gasteiger partial charge in [-0.3, -0.25) is 4.66 Å². The van der Waals surface area contributed by atoms with E-state index in [-0.39, 0.29) is 30.6 Å². The van der Waals surface area contributed by atoms with Gasteiger partial charge in [0.15, 0.2) is 17.4 Å². The lowest BCUT2D eigenvalue weighted by Crippen LogP contribution is -2.15. The molecule has 0 atom stereocenters. The van der Waals surface area contributed by atoms with Gasteiger partial charge in [0.25, 0.3) is 0 Å². The van der Waals surface area contributed by atoms with Gasteiger partial charge >= 0.3 is 0 Å². The minimum Gasteiger partial charge on any atom is -0.394 e. The number of hydrogen-bond acceptors (Lipinski definition) is 5. The molecule has 0 aromatic heterocycles. The highest BCUT2D eigenvalue weighted by Gasteiger charge is 1.94. The molecule has 0 aliphatic carbocycles. The maximum Gasteiger partial charge on any atom is 0.187 e. The molecule has 0 bridgehead atoms. The summed E-state index contributed by atoms with van der Waals surface area (Å²) in [6, 6.07) is 0. The molecule has 0 saturated carbocycles. The Bertz CT molecular complexity index is 95.9. The molecular weight excluding hydrogens is 251 g/mol. The van der Waals surface area contributed by atoms with Crippen LogP contribution < -0.4 is 0 Å². The Morgan fingerprint density at radius 1 is 0.938 bits per heavy atom. The second-order valence-electron chi connectivity index (χ2n) is 3.25. The van der Waals surface area contributed by atoms with E-state index >= 15 is 0 Å². The molecule has 4 N–H and O–H groups in total. The summed E-state index contributed by atoms with van der Waals surface area (Å²) < 4.78 is 11.7. The summed E-state index contributed by atoms with van der Waals surface area (Å²) >= 11 is 3.64. The third-order valence-corrected chi connectivity index (χ3v) is 0.966. The van der Waals surface area contributed by atoms with Gasteiger partial charge < -0.3 is 20.1 Å². The van der Waals surface area contributed by atoms with Crippen molar-refractivity contribution in [2.75, 3.05) is 13.2 Å². The van der Waals surface area contributed by atoms with Crippen LogP contribution >= 0.6 is 11.9 Å². The molecule has 0 spiro atoms. The van der Waals surface area contributed by atoms with E-state index in [1.54, 1.807) is 0 Å². The molecule has 102 valence electrons.